The van der Waals surface area contributed by atoms with Crippen LogP contribution in [0.15, 0.2) is 10.5 Å². The number of thioether (sulfide) groups is 1. The summed E-state index contributed by atoms with van der Waals surface area (Å²) in [5.74, 6) is -2.88. The van der Waals surface area contributed by atoms with Crippen LogP contribution in [-0.4, -0.2) is 70.8 Å². The lowest BCUT2D eigenvalue weighted by atomic mass is 9.87. The van der Waals surface area contributed by atoms with Crippen molar-refractivity contribution in [3.63, 3.8) is 0 Å². The number of oxime groups is 1. The van der Waals surface area contributed by atoms with Crippen LogP contribution in [0.3, 0.4) is 0 Å². The molecule has 0 spiro atoms. The predicted octanol–water partition coefficient (Wildman–Crippen LogP) is -0.402. The molecular weight excluding hydrogens is 458 g/mol. The van der Waals surface area contributed by atoms with Gasteiger partial charge >= 0.3 is 10.3 Å². The summed E-state index contributed by atoms with van der Waals surface area (Å²) in [6.07, 6.45) is 2.22. The quantitative estimate of drug-likeness (QED) is 0.150. The molecule has 2 heterocycles. The first kappa shape index (κ1) is 22.4. The van der Waals surface area contributed by atoms with Crippen molar-refractivity contribution in [2.45, 2.75) is 10.9 Å². The zero-order chi connectivity index (χ0) is 21.1. The van der Waals surface area contributed by atoms with Gasteiger partial charge in [-0.25, -0.2) is 4.98 Å². The van der Waals surface area contributed by atoms with Gasteiger partial charge in [-0.2, -0.15) is 12.7 Å². The van der Waals surface area contributed by atoms with Crippen molar-refractivity contribution >= 4 is 74.1 Å². The Kier molecular flexibility index (Phi) is 6.87. The molecule has 0 radical (unpaired) electrons. The van der Waals surface area contributed by atoms with Crippen molar-refractivity contribution < 1.29 is 32.2 Å². The van der Waals surface area contributed by atoms with Gasteiger partial charge in [-0.1, -0.05) is 5.16 Å². The number of carbonyl (C=O) groups is 3. The molecule has 0 bridgehead atoms. The Hall–Kier alpha value is -1.94. The lowest BCUT2D eigenvalue weighted by Crippen LogP contribution is -2.77. The fourth-order valence-corrected chi connectivity index (χ4v) is 5.51. The van der Waals surface area contributed by atoms with E-state index < -0.39 is 38.9 Å². The number of alkyl halides is 1. The molecule has 1 aliphatic heterocycles. The molecule has 1 aromatic heterocycles. The largest absolute Gasteiger partial charge is 0.399 e. The van der Waals surface area contributed by atoms with Gasteiger partial charge in [-0.3, -0.25) is 18.9 Å². The van der Waals surface area contributed by atoms with E-state index in [1.807, 2.05) is 0 Å². The van der Waals surface area contributed by atoms with Gasteiger partial charge < -0.3 is 15.5 Å². The number of anilines is 1. The number of hydrogen-bond donors (Lipinski definition) is 3. The highest BCUT2D eigenvalue weighted by Gasteiger charge is 2.68. The lowest BCUT2D eigenvalue weighted by molar-refractivity contribution is -0.151. The molecule has 28 heavy (non-hydrogen) atoms. The number of carbonyl (C=O) groups excluding carboxylic acids is 3. The highest BCUT2D eigenvalue weighted by atomic mass is 35.5. The smallest absolute Gasteiger partial charge is 0.363 e. The Labute approximate surface area is 172 Å². The van der Waals surface area contributed by atoms with E-state index in [1.165, 1.54) is 18.7 Å². The van der Waals surface area contributed by atoms with Crippen LogP contribution in [0, 0.1) is 0 Å². The second-order valence-electron chi connectivity index (χ2n) is 5.10. The number of thiazole rings is 1. The van der Waals surface area contributed by atoms with E-state index in [0.29, 0.717) is 0 Å². The first-order valence-corrected chi connectivity index (χ1v) is 11.3. The van der Waals surface area contributed by atoms with Gasteiger partial charge in [-0.05, 0) is 6.26 Å². The molecule has 1 aromatic rings. The van der Waals surface area contributed by atoms with Crippen molar-refractivity contribution in [3.8, 4) is 0 Å². The molecule has 1 fully saturated rings. The molecule has 1 aliphatic rings. The fourth-order valence-electron chi connectivity index (χ4n) is 2.40. The maximum atomic E-state index is 12.7. The molecule has 12 nitrogen and oxygen atoms in total. The second kappa shape index (κ2) is 8.60. The summed E-state index contributed by atoms with van der Waals surface area (Å²) in [5.41, 5.74) is -1.96. The molecule has 16 heteroatoms. The number of β-lactam (4-membered cyclic amide) rings is 1. The topological polar surface area (TPSA) is 167 Å². The molecule has 2 unspecified atom stereocenters. The van der Waals surface area contributed by atoms with Gasteiger partial charge in [0.05, 0.1) is 5.69 Å². The van der Waals surface area contributed by atoms with Crippen LogP contribution in [0.25, 0.3) is 0 Å². The molecule has 0 aromatic carbocycles. The van der Waals surface area contributed by atoms with E-state index in [2.05, 4.69) is 25.6 Å². The van der Waals surface area contributed by atoms with Crippen molar-refractivity contribution in [1.29, 1.82) is 0 Å². The summed E-state index contributed by atoms with van der Waals surface area (Å²) in [4.78, 5) is 44.8. The Balaban J connectivity index is 2.49. The third kappa shape index (κ3) is 4.07. The Bertz CT molecular complexity index is 920. The van der Waals surface area contributed by atoms with Gasteiger partial charge in [0.1, 0.15) is 24.6 Å². The summed E-state index contributed by atoms with van der Waals surface area (Å²) >= 11 is 7.23. The van der Waals surface area contributed by atoms with Gasteiger partial charge in [0.2, 0.25) is 5.91 Å². The summed E-state index contributed by atoms with van der Waals surface area (Å²) in [6.45, 7) is 0. The van der Waals surface area contributed by atoms with E-state index in [9.17, 15) is 27.4 Å². The summed E-state index contributed by atoms with van der Waals surface area (Å²) in [7, 11) is -3.68. The molecule has 2 rings (SSSR count). The standard InChI is InChI=1S/C12H14ClN5O7S3/c1-25-14-4-8(20)17-12(6-5-27-11(15-6)16-7(19)3-13)9(21)18(10(12)26-2)28(22,23)24/h4-5,10H,3H2,1-2H3,(H,17,20)(H,15,16,19)(H,22,23,24). The first-order valence-electron chi connectivity index (χ1n) is 7.16. The normalized spacial score (nSPS) is 22.1. The van der Waals surface area contributed by atoms with Crippen LogP contribution in [-0.2, 0) is 35.1 Å². The Morgan fingerprint density at radius 3 is 2.82 bits per heavy atom. The molecule has 0 saturated carbocycles. The minimum Gasteiger partial charge on any atom is -0.399 e. The number of nitrogens with one attached hydrogen (secondary N) is 2. The van der Waals surface area contributed by atoms with Crippen LogP contribution >= 0.6 is 34.7 Å². The van der Waals surface area contributed by atoms with E-state index in [0.717, 1.165) is 29.3 Å². The van der Waals surface area contributed by atoms with Crippen LogP contribution in [0.4, 0.5) is 5.13 Å². The number of halogens is 1. The molecule has 1 saturated heterocycles. The van der Waals surface area contributed by atoms with Gasteiger partial charge in [0, 0.05) is 5.38 Å². The highest BCUT2D eigenvalue weighted by molar-refractivity contribution is 8.00. The monoisotopic (exact) mass is 471 g/mol. The molecule has 3 amide bonds. The lowest BCUT2D eigenvalue weighted by Gasteiger charge is -2.51. The third-order valence-electron chi connectivity index (χ3n) is 3.46. The highest BCUT2D eigenvalue weighted by Crippen LogP contribution is 2.46. The number of amides is 3. The van der Waals surface area contributed by atoms with Crippen LogP contribution in [0.2, 0.25) is 0 Å². The average molecular weight is 472 g/mol. The Morgan fingerprint density at radius 2 is 2.29 bits per heavy atom. The SMILES string of the molecule is CON=CC(=O)NC1(c2csc(NC(=O)CCl)n2)C(=O)N(S(=O)(=O)O)C1SC. The number of hydrogen-bond acceptors (Lipinski definition) is 10. The van der Waals surface area contributed by atoms with Gasteiger partial charge in [0.15, 0.2) is 10.7 Å². The minimum atomic E-state index is -4.88. The maximum absolute atomic E-state index is 12.7. The summed E-state index contributed by atoms with van der Waals surface area (Å²) in [6, 6.07) is 0. The summed E-state index contributed by atoms with van der Waals surface area (Å²) < 4.78 is 32.7. The van der Waals surface area contributed by atoms with Crippen LogP contribution < -0.4 is 10.6 Å². The first-order chi connectivity index (χ1) is 13.1. The second-order valence-corrected chi connectivity index (χ2v) is 8.43. The maximum Gasteiger partial charge on any atom is 0.363 e. The van der Waals surface area contributed by atoms with E-state index in [-0.39, 0.29) is 21.0 Å². The van der Waals surface area contributed by atoms with E-state index >= 15 is 0 Å². The predicted molar refractivity (Wildman–Crippen MR) is 102 cm³/mol. The third-order valence-corrected chi connectivity index (χ3v) is 6.48. The van der Waals surface area contributed by atoms with Crippen LogP contribution in [0.1, 0.15) is 5.69 Å². The zero-order valence-corrected chi connectivity index (χ0v) is 17.5. The molecule has 3 N–H and O–H groups in total. The molecule has 154 valence electrons. The van der Waals surface area contributed by atoms with Crippen molar-refractivity contribution in [1.82, 2.24) is 14.6 Å². The van der Waals surface area contributed by atoms with Crippen molar-refractivity contribution in [2.24, 2.45) is 5.16 Å². The zero-order valence-electron chi connectivity index (χ0n) is 14.3. The van der Waals surface area contributed by atoms with E-state index in [1.54, 1.807) is 0 Å². The van der Waals surface area contributed by atoms with Crippen molar-refractivity contribution in [2.75, 3.05) is 24.6 Å². The van der Waals surface area contributed by atoms with Gasteiger partial charge in [-0.15, -0.1) is 34.7 Å². The molecular formula is C12H14ClN5O7S3. The van der Waals surface area contributed by atoms with Crippen LogP contribution in [0.5, 0.6) is 0 Å². The summed E-state index contributed by atoms with van der Waals surface area (Å²) in [5, 5.41) is 8.23. The van der Waals surface area contributed by atoms with Crippen molar-refractivity contribution in [3.05, 3.63) is 11.1 Å². The average Bonchev–Trinajstić information content (AvgIpc) is 3.08. The molecule has 0 aliphatic carbocycles. The van der Waals surface area contributed by atoms with Gasteiger partial charge in [0.25, 0.3) is 11.8 Å². The van der Waals surface area contributed by atoms with E-state index in [4.69, 9.17) is 11.6 Å². The minimum absolute atomic E-state index is 0.0363. The Morgan fingerprint density at radius 1 is 1.61 bits per heavy atom. The molecule has 2 atom stereocenters. The number of rotatable bonds is 8. The number of nitrogens with zero attached hydrogens (tertiary/aromatic N) is 3. The fraction of sp³-hybridized carbons (Fsp3) is 0.417. The number of aromatic nitrogens is 1.